The van der Waals surface area contributed by atoms with Crippen LogP contribution in [0, 0.1) is 0 Å². The van der Waals surface area contributed by atoms with E-state index in [0.29, 0.717) is 16.7 Å². The van der Waals surface area contributed by atoms with Crippen LogP contribution in [0.1, 0.15) is 33.5 Å². The van der Waals surface area contributed by atoms with E-state index in [1.807, 2.05) is 0 Å². The number of nitrogens with zero attached hydrogens (tertiary/aromatic N) is 3. The molecule has 0 spiro atoms. The molecule has 1 unspecified atom stereocenters. The maximum atomic E-state index is 14.8. The van der Waals surface area contributed by atoms with Gasteiger partial charge in [-0.1, -0.05) is 35.9 Å². The minimum absolute atomic E-state index is 0.103. The molecule has 2 aliphatic heterocycles. The fraction of sp³-hybridized carbons (Fsp3) is 0.273. The number of carbonyl (C=O) groups excluding carboxylic acids is 4. The zero-order chi connectivity index (χ0) is 26.6. The van der Waals surface area contributed by atoms with E-state index in [1.54, 1.807) is 33.9 Å². The molecule has 1 fully saturated rings. The average Bonchev–Trinajstić information content (AvgIpc) is 3.17. The molecule has 0 saturated carbocycles. The number of halogens is 3. The minimum atomic E-state index is -3.74. The first kappa shape index (κ1) is 26.0. The Balaban J connectivity index is 1.53. The lowest BCUT2D eigenvalue weighted by Crippen LogP contribution is -2.65. The Bertz CT molecular complexity index is 1280. The quantitative estimate of drug-likeness (QED) is 0.384. The summed E-state index contributed by atoms with van der Waals surface area (Å²) in [5, 5.41) is 0.286. The summed E-state index contributed by atoms with van der Waals surface area (Å²) in [5.41, 5.74) is -0.0513. The summed E-state index contributed by atoms with van der Waals surface area (Å²) in [5.74, 6) is -6.59. The lowest BCUT2D eigenvalue weighted by Gasteiger charge is -2.45. The third-order valence-corrected chi connectivity index (χ3v) is 7.28. The van der Waals surface area contributed by atoms with Crippen molar-refractivity contribution in [3.8, 4) is 0 Å². The first-order valence-electron chi connectivity index (χ1n) is 11.4. The molecule has 2 heterocycles. The largest absolute Gasteiger partial charge is 0.384 e. The van der Waals surface area contributed by atoms with Crippen LogP contribution in [-0.2, 0) is 33.4 Å². The first-order valence-corrected chi connectivity index (χ1v) is 11.8. The van der Waals surface area contributed by atoms with E-state index >= 15 is 0 Å². The maximum absolute atomic E-state index is 14.8. The summed E-state index contributed by atoms with van der Waals surface area (Å²) in [7, 11) is 6.08. The second-order valence-electron chi connectivity index (χ2n) is 9.71. The van der Waals surface area contributed by atoms with Gasteiger partial charge in [0.05, 0.1) is 5.44 Å². The Morgan fingerprint density at radius 2 is 1.81 bits per heavy atom. The zero-order valence-corrected chi connectivity index (χ0v) is 21.1. The van der Waals surface area contributed by atoms with Gasteiger partial charge in [0.25, 0.3) is 11.8 Å². The molecule has 1 saturated heterocycles. The standard InChI is InChI=1S/C22H22B4ClF2N3O4/c23-16-8-21(24,19(35)32(26)18(16)34)30-10-12-7-11(1-6-15(12)17(30)33)9-31(25)20(36)22(28,29)13-2-4-14(27)5-3-13/h1-7,16H,8-10,23-26H2/t16?,21-/m0/s1. The summed E-state index contributed by atoms with van der Waals surface area (Å²) in [4.78, 5) is 54.4. The second kappa shape index (κ2) is 9.10. The monoisotopic (exact) mass is 509 g/mol. The van der Waals surface area contributed by atoms with Gasteiger partial charge in [-0.3, -0.25) is 19.2 Å². The van der Waals surface area contributed by atoms with Crippen molar-refractivity contribution < 1.29 is 28.0 Å². The van der Waals surface area contributed by atoms with Gasteiger partial charge < -0.3 is 14.5 Å². The van der Waals surface area contributed by atoms with Crippen molar-refractivity contribution in [3.05, 3.63) is 69.7 Å². The summed E-state index contributed by atoms with van der Waals surface area (Å²) in [6, 6.07) is 9.70. The van der Waals surface area contributed by atoms with Crippen LogP contribution in [0.2, 0.25) is 10.8 Å². The Morgan fingerprint density at radius 1 is 1.17 bits per heavy atom. The van der Waals surface area contributed by atoms with Crippen LogP contribution in [-0.4, -0.2) is 75.2 Å². The molecule has 0 N–H and O–H groups in total. The number of hydrogen-bond donors (Lipinski definition) is 0. The first-order chi connectivity index (χ1) is 16.8. The third-order valence-electron chi connectivity index (χ3n) is 7.03. The Labute approximate surface area is 215 Å². The van der Waals surface area contributed by atoms with Crippen molar-refractivity contribution in [3.63, 3.8) is 0 Å². The maximum Gasteiger partial charge on any atom is 0.348 e. The molecular formula is C22H22B4ClF2N3O4. The zero-order valence-electron chi connectivity index (χ0n) is 20.3. The molecule has 0 aliphatic carbocycles. The number of amides is 4. The van der Waals surface area contributed by atoms with Gasteiger partial charge in [0.1, 0.15) is 15.7 Å². The molecule has 0 aromatic heterocycles. The molecule has 182 valence electrons. The predicted molar refractivity (Wildman–Crippen MR) is 139 cm³/mol. The van der Waals surface area contributed by atoms with Crippen LogP contribution in [0.5, 0.6) is 0 Å². The van der Waals surface area contributed by atoms with Crippen LogP contribution in [0.25, 0.3) is 0 Å². The molecule has 2 aromatic carbocycles. The number of rotatable bonds is 5. The molecular weight excluding hydrogens is 487 g/mol. The van der Waals surface area contributed by atoms with E-state index in [0.717, 1.165) is 21.8 Å². The lowest BCUT2D eigenvalue weighted by atomic mass is 9.61. The van der Waals surface area contributed by atoms with E-state index in [9.17, 15) is 28.0 Å². The summed E-state index contributed by atoms with van der Waals surface area (Å²) in [6.45, 7) is 0.0333. The molecule has 2 atom stereocenters. The third kappa shape index (κ3) is 4.23. The van der Waals surface area contributed by atoms with Gasteiger partial charge in [0.2, 0.25) is 27.8 Å². The number of imide groups is 1. The molecule has 0 bridgehead atoms. The van der Waals surface area contributed by atoms with Crippen LogP contribution in [0.4, 0.5) is 8.78 Å². The molecule has 36 heavy (non-hydrogen) atoms. The topological polar surface area (TPSA) is 78.0 Å². The van der Waals surface area contributed by atoms with E-state index < -0.39 is 34.6 Å². The van der Waals surface area contributed by atoms with Crippen LogP contribution in [0.15, 0.2) is 42.5 Å². The molecule has 2 aliphatic rings. The Kier molecular flexibility index (Phi) is 6.58. The highest BCUT2D eigenvalue weighted by Crippen LogP contribution is 2.37. The smallest absolute Gasteiger partial charge is 0.348 e. The molecule has 4 amide bonds. The summed E-state index contributed by atoms with van der Waals surface area (Å²) < 4.78 is 29.6. The number of fused-ring (bicyclic) bond motifs is 1. The van der Waals surface area contributed by atoms with Gasteiger partial charge in [-0.15, -0.1) is 0 Å². The fourth-order valence-electron chi connectivity index (χ4n) is 5.03. The van der Waals surface area contributed by atoms with Gasteiger partial charge in [-0.05, 0) is 35.7 Å². The van der Waals surface area contributed by atoms with Gasteiger partial charge in [0.15, 0.2) is 0 Å². The summed E-state index contributed by atoms with van der Waals surface area (Å²) in [6.07, 6.45) is 0.207. The van der Waals surface area contributed by atoms with Gasteiger partial charge in [0, 0.05) is 35.1 Å². The molecule has 7 nitrogen and oxygen atoms in total. The van der Waals surface area contributed by atoms with Crippen LogP contribution < -0.4 is 0 Å². The van der Waals surface area contributed by atoms with Crippen molar-refractivity contribution in [1.29, 1.82) is 0 Å². The average molecular weight is 509 g/mol. The molecule has 14 heteroatoms. The normalized spacial score (nSPS) is 22.1. The van der Waals surface area contributed by atoms with Crippen LogP contribution >= 0.6 is 11.6 Å². The van der Waals surface area contributed by atoms with E-state index in [-0.39, 0.29) is 36.3 Å². The Morgan fingerprint density at radius 3 is 2.44 bits per heavy atom. The molecule has 4 rings (SSSR count). The highest BCUT2D eigenvalue weighted by Gasteiger charge is 2.52. The highest BCUT2D eigenvalue weighted by atomic mass is 35.5. The number of benzene rings is 2. The highest BCUT2D eigenvalue weighted by molar-refractivity contribution is 6.42. The lowest BCUT2D eigenvalue weighted by molar-refractivity contribution is -0.154. The number of piperidine rings is 1. The van der Waals surface area contributed by atoms with Gasteiger partial charge in [-0.25, -0.2) is 0 Å². The van der Waals surface area contributed by atoms with Crippen molar-refractivity contribution in [2.45, 2.75) is 36.7 Å². The molecule has 0 radical (unpaired) electrons. The van der Waals surface area contributed by atoms with E-state index in [4.69, 9.17) is 11.6 Å². The SMILES string of the molecule is BC1C[C@](B)(N2Cc3cc(CN(B)C(=O)C(F)(F)c4ccc(Cl)cc4)ccc3C2=O)C(=O)N(B)C1=O. The van der Waals surface area contributed by atoms with Gasteiger partial charge in [-0.2, -0.15) is 8.78 Å². The van der Waals surface area contributed by atoms with E-state index in [1.165, 1.54) is 33.0 Å². The fourth-order valence-corrected chi connectivity index (χ4v) is 5.15. The van der Waals surface area contributed by atoms with E-state index in [2.05, 4.69) is 0 Å². The Hall–Kier alpha value is -3.07. The van der Waals surface area contributed by atoms with Crippen molar-refractivity contribution in [2.75, 3.05) is 0 Å². The number of carbonyl (C=O) groups is 4. The molecule has 2 aromatic rings. The van der Waals surface area contributed by atoms with Crippen molar-refractivity contribution in [1.82, 2.24) is 14.5 Å². The number of alkyl halides is 2. The predicted octanol–water partition coefficient (Wildman–Crippen LogP) is -0.978. The van der Waals surface area contributed by atoms with Crippen molar-refractivity contribution >= 4 is 66.9 Å². The van der Waals surface area contributed by atoms with Gasteiger partial charge >= 0.3 is 5.92 Å². The van der Waals surface area contributed by atoms with Crippen molar-refractivity contribution in [2.24, 2.45) is 0 Å². The van der Waals surface area contributed by atoms with Crippen LogP contribution in [0.3, 0.4) is 0 Å². The second-order valence-corrected chi connectivity index (χ2v) is 10.1. The summed E-state index contributed by atoms with van der Waals surface area (Å²) >= 11 is 5.76. The number of hydrogen-bond acceptors (Lipinski definition) is 4. The minimum Gasteiger partial charge on any atom is -0.384 e.